The second-order valence-electron chi connectivity index (χ2n) is 4.36. The molecule has 21 heavy (non-hydrogen) atoms. The van der Waals surface area contributed by atoms with Crippen LogP contribution in [0.1, 0.15) is 15.9 Å². The molecule has 0 fully saturated rings. The topological polar surface area (TPSA) is 116 Å². The maximum Gasteiger partial charge on any atom is 0.264 e. The van der Waals surface area contributed by atoms with Gasteiger partial charge in [0.1, 0.15) is 12.1 Å². The Morgan fingerprint density at radius 1 is 1.48 bits per heavy atom. The summed E-state index contributed by atoms with van der Waals surface area (Å²) >= 11 is 0. The molecule has 0 atom stereocenters. The van der Waals surface area contributed by atoms with E-state index >= 15 is 0 Å². The van der Waals surface area contributed by atoms with Crippen LogP contribution in [-0.4, -0.2) is 28.5 Å². The standard InChI is InChI=1S/C13H14N4O4/c1-7-10(12(14)19)13(20)17(6-9(18)16-21-2)8-4-3-5-15-11(7)8/h3-5H,6H2,1-2H3,(H2,14,19)(H,16,18). The summed E-state index contributed by atoms with van der Waals surface area (Å²) in [6.07, 6.45) is 1.53. The molecule has 2 aromatic rings. The summed E-state index contributed by atoms with van der Waals surface area (Å²) in [5.74, 6) is -1.39. The minimum Gasteiger partial charge on any atom is -0.365 e. The molecule has 0 spiro atoms. The van der Waals surface area contributed by atoms with E-state index in [2.05, 4.69) is 15.3 Å². The molecule has 3 N–H and O–H groups in total. The van der Waals surface area contributed by atoms with Crippen molar-refractivity contribution in [3.63, 3.8) is 0 Å². The Balaban J connectivity index is 2.76. The molecule has 110 valence electrons. The second kappa shape index (κ2) is 5.71. The van der Waals surface area contributed by atoms with Crippen molar-refractivity contribution < 1.29 is 14.4 Å². The van der Waals surface area contributed by atoms with Crippen molar-refractivity contribution in [1.29, 1.82) is 0 Å². The van der Waals surface area contributed by atoms with Gasteiger partial charge in [0.15, 0.2) is 0 Å². The number of nitrogens with zero attached hydrogens (tertiary/aromatic N) is 2. The van der Waals surface area contributed by atoms with E-state index in [1.165, 1.54) is 13.3 Å². The maximum atomic E-state index is 12.4. The third-order valence-corrected chi connectivity index (χ3v) is 3.03. The monoisotopic (exact) mass is 290 g/mol. The summed E-state index contributed by atoms with van der Waals surface area (Å²) in [5, 5.41) is 0. The van der Waals surface area contributed by atoms with Crippen LogP contribution < -0.4 is 16.8 Å². The predicted octanol–water partition coefficient (Wildman–Crippen LogP) is -0.519. The van der Waals surface area contributed by atoms with Crippen molar-refractivity contribution in [2.45, 2.75) is 13.5 Å². The van der Waals surface area contributed by atoms with E-state index in [4.69, 9.17) is 5.73 Å². The molecule has 2 heterocycles. The Kier molecular flexibility index (Phi) is 3.99. The number of rotatable bonds is 4. The van der Waals surface area contributed by atoms with Crippen LogP contribution in [0.4, 0.5) is 0 Å². The molecular weight excluding hydrogens is 276 g/mol. The minimum absolute atomic E-state index is 0.175. The quantitative estimate of drug-likeness (QED) is 0.735. The highest BCUT2D eigenvalue weighted by molar-refractivity contribution is 5.98. The lowest BCUT2D eigenvalue weighted by atomic mass is 10.1. The van der Waals surface area contributed by atoms with Gasteiger partial charge in [0.05, 0.1) is 18.1 Å². The van der Waals surface area contributed by atoms with Gasteiger partial charge in [-0.05, 0) is 24.6 Å². The van der Waals surface area contributed by atoms with Crippen LogP contribution >= 0.6 is 0 Å². The average molecular weight is 290 g/mol. The van der Waals surface area contributed by atoms with E-state index in [1.54, 1.807) is 19.1 Å². The van der Waals surface area contributed by atoms with Gasteiger partial charge < -0.3 is 5.73 Å². The van der Waals surface area contributed by atoms with Crippen LogP contribution in [0.2, 0.25) is 0 Å². The third-order valence-electron chi connectivity index (χ3n) is 3.03. The van der Waals surface area contributed by atoms with Gasteiger partial charge in [-0.1, -0.05) is 0 Å². The number of primary amides is 1. The molecule has 2 amide bonds. The number of carbonyl (C=O) groups excluding carboxylic acids is 2. The fourth-order valence-electron chi connectivity index (χ4n) is 2.16. The van der Waals surface area contributed by atoms with Gasteiger partial charge in [-0.3, -0.25) is 28.8 Å². The van der Waals surface area contributed by atoms with Crippen molar-refractivity contribution in [3.05, 3.63) is 39.8 Å². The lowest BCUT2D eigenvalue weighted by molar-refractivity contribution is -0.131. The molecule has 0 unspecified atom stereocenters. The predicted molar refractivity (Wildman–Crippen MR) is 74.4 cm³/mol. The first kappa shape index (κ1) is 14.7. The highest BCUT2D eigenvalue weighted by Gasteiger charge is 2.19. The van der Waals surface area contributed by atoms with Crippen molar-refractivity contribution >= 4 is 22.8 Å². The van der Waals surface area contributed by atoms with Crippen molar-refractivity contribution in [2.75, 3.05) is 7.11 Å². The minimum atomic E-state index is -0.856. The molecule has 0 radical (unpaired) electrons. The molecule has 0 aliphatic heterocycles. The zero-order chi connectivity index (χ0) is 15.6. The maximum absolute atomic E-state index is 12.4. The number of aryl methyl sites for hydroxylation is 1. The van der Waals surface area contributed by atoms with Crippen LogP contribution in [0, 0.1) is 6.92 Å². The number of amides is 2. The van der Waals surface area contributed by atoms with Gasteiger partial charge in [0.2, 0.25) is 0 Å². The van der Waals surface area contributed by atoms with Crippen LogP contribution in [0.25, 0.3) is 11.0 Å². The van der Waals surface area contributed by atoms with E-state index in [1.807, 2.05) is 0 Å². The fraction of sp³-hybridized carbons (Fsp3) is 0.231. The highest BCUT2D eigenvalue weighted by atomic mass is 16.6. The number of pyridine rings is 2. The molecular formula is C13H14N4O4. The van der Waals surface area contributed by atoms with Gasteiger partial charge in [-0.2, -0.15) is 0 Å². The molecule has 8 heteroatoms. The van der Waals surface area contributed by atoms with E-state index in [0.717, 1.165) is 4.57 Å². The SMILES string of the molecule is CONC(=O)Cn1c(=O)c(C(N)=O)c(C)c2ncccc21. The molecule has 0 saturated carbocycles. The number of hydroxylamine groups is 1. The van der Waals surface area contributed by atoms with E-state index < -0.39 is 17.4 Å². The number of hydrogen-bond acceptors (Lipinski definition) is 5. The number of carbonyl (C=O) groups is 2. The molecule has 2 rings (SSSR count). The normalized spacial score (nSPS) is 10.6. The van der Waals surface area contributed by atoms with E-state index in [0.29, 0.717) is 16.6 Å². The molecule has 0 saturated heterocycles. The summed E-state index contributed by atoms with van der Waals surface area (Å²) in [4.78, 5) is 44.2. The first-order valence-corrected chi connectivity index (χ1v) is 6.07. The number of aromatic nitrogens is 2. The Bertz CT molecular complexity index is 782. The van der Waals surface area contributed by atoms with Gasteiger partial charge >= 0.3 is 0 Å². The molecule has 8 nitrogen and oxygen atoms in total. The Hall–Kier alpha value is -2.74. The lowest BCUT2D eigenvalue weighted by Gasteiger charge is -2.13. The Morgan fingerprint density at radius 2 is 2.19 bits per heavy atom. The van der Waals surface area contributed by atoms with Crippen LogP contribution in [0.3, 0.4) is 0 Å². The van der Waals surface area contributed by atoms with Crippen molar-refractivity contribution in [2.24, 2.45) is 5.73 Å². The van der Waals surface area contributed by atoms with Crippen LogP contribution in [0.5, 0.6) is 0 Å². The molecule has 0 bridgehead atoms. The number of fused-ring (bicyclic) bond motifs is 1. The van der Waals surface area contributed by atoms with Crippen LogP contribution in [-0.2, 0) is 16.2 Å². The van der Waals surface area contributed by atoms with E-state index in [-0.39, 0.29) is 12.1 Å². The Labute approximate surface area is 119 Å². The summed E-state index contributed by atoms with van der Waals surface area (Å²) in [6, 6.07) is 3.28. The molecule has 0 aliphatic rings. The molecule has 2 aromatic heterocycles. The average Bonchev–Trinajstić information content (AvgIpc) is 2.43. The number of hydrogen-bond donors (Lipinski definition) is 2. The summed E-state index contributed by atoms with van der Waals surface area (Å²) in [7, 11) is 1.28. The summed E-state index contributed by atoms with van der Waals surface area (Å²) < 4.78 is 1.14. The van der Waals surface area contributed by atoms with Crippen molar-refractivity contribution in [1.82, 2.24) is 15.0 Å². The van der Waals surface area contributed by atoms with Crippen molar-refractivity contribution in [3.8, 4) is 0 Å². The number of nitrogens with two attached hydrogens (primary N) is 1. The fourth-order valence-corrected chi connectivity index (χ4v) is 2.16. The van der Waals surface area contributed by atoms with E-state index in [9.17, 15) is 14.4 Å². The van der Waals surface area contributed by atoms with Gasteiger partial charge in [0, 0.05) is 6.20 Å². The second-order valence-corrected chi connectivity index (χ2v) is 4.36. The third kappa shape index (κ3) is 2.61. The largest absolute Gasteiger partial charge is 0.365 e. The summed E-state index contributed by atoms with van der Waals surface area (Å²) in [5.41, 5.74) is 7.84. The zero-order valence-corrected chi connectivity index (χ0v) is 11.5. The highest BCUT2D eigenvalue weighted by Crippen LogP contribution is 2.16. The molecule has 0 aliphatic carbocycles. The van der Waals surface area contributed by atoms with Gasteiger partial charge in [0.25, 0.3) is 17.4 Å². The van der Waals surface area contributed by atoms with Gasteiger partial charge in [-0.25, -0.2) is 5.48 Å². The van der Waals surface area contributed by atoms with Gasteiger partial charge in [-0.15, -0.1) is 0 Å². The smallest absolute Gasteiger partial charge is 0.264 e. The summed E-state index contributed by atoms with van der Waals surface area (Å²) in [6.45, 7) is 1.28. The first-order chi connectivity index (χ1) is 9.97. The molecule has 0 aromatic carbocycles. The first-order valence-electron chi connectivity index (χ1n) is 6.07. The Morgan fingerprint density at radius 3 is 2.81 bits per heavy atom. The van der Waals surface area contributed by atoms with Crippen LogP contribution in [0.15, 0.2) is 23.1 Å². The number of nitrogens with one attached hydrogen (secondary N) is 1. The lowest BCUT2D eigenvalue weighted by Crippen LogP contribution is -2.36. The zero-order valence-electron chi connectivity index (χ0n) is 11.5.